The Morgan fingerprint density at radius 2 is 1.73 bits per heavy atom. The highest BCUT2D eigenvalue weighted by molar-refractivity contribution is 5.54. The lowest BCUT2D eigenvalue weighted by Crippen LogP contribution is -1.95. The number of hydrogen-bond donors (Lipinski definition) is 2. The molecule has 0 fully saturated rings. The van der Waals surface area contributed by atoms with Gasteiger partial charge in [-0.15, -0.1) is 0 Å². The number of benzene rings is 1. The molecule has 0 aliphatic heterocycles. The van der Waals surface area contributed by atoms with E-state index in [4.69, 9.17) is 10.8 Å². The summed E-state index contributed by atoms with van der Waals surface area (Å²) in [5.41, 5.74) is 9.54. The Kier molecular flexibility index (Phi) is 2.15. The number of hydrogen-bond acceptors (Lipinski definition) is 2. The molecule has 0 aliphatic carbocycles. The second kappa shape index (κ2) is 2.93. The summed E-state index contributed by atoms with van der Waals surface area (Å²) in [7, 11) is 0. The van der Waals surface area contributed by atoms with Gasteiger partial charge in [0.25, 0.3) is 0 Å². The van der Waals surface area contributed by atoms with Crippen molar-refractivity contribution in [3.8, 4) is 0 Å². The molecule has 0 aromatic heterocycles. The highest BCUT2D eigenvalue weighted by atomic mass is 16.3. The summed E-state index contributed by atoms with van der Waals surface area (Å²) in [5, 5.41) is 8.84. The Labute approximate surface area is 66.7 Å². The molecule has 1 aromatic rings. The highest BCUT2D eigenvalue weighted by Gasteiger charge is 1.99. The molecule has 1 rings (SSSR count). The van der Waals surface area contributed by atoms with Crippen molar-refractivity contribution in [2.24, 2.45) is 0 Å². The Hall–Kier alpha value is -1.02. The van der Waals surface area contributed by atoms with Gasteiger partial charge in [0.1, 0.15) is 0 Å². The fraction of sp³-hybridized carbons (Fsp3) is 0.333. The van der Waals surface area contributed by atoms with Crippen LogP contribution < -0.4 is 5.73 Å². The molecule has 0 saturated carbocycles. The third kappa shape index (κ3) is 1.52. The lowest BCUT2D eigenvalue weighted by molar-refractivity contribution is 0.281. The van der Waals surface area contributed by atoms with Crippen LogP contribution in [0.5, 0.6) is 0 Å². The van der Waals surface area contributed by atoms with Crippen LogP contribution in [0.15, 0.2) is 12.1 Å². The van der Waals surface area contributed by atoms with Gasteiger partial charge in [0.15, 0.2) is 0 Å². The number of aryl methyl sites for hydroxylation is 2. The molecule has 0 heterocycles. The van der Waals surface area contributed by atoms with Gasteiger partial charge in [-0.05, 0) is 30.5 Å². The zero-order valence-electron chi connectivity index (χ0n) is 6.89. The number of aliphatic hydroxyl groups is 1. The first-order valence-corrected chi connectivity index (χ1v) is 3.61. The molecule has 0 saturated heterocycles. The maximum Gasteiger partial charge on any atom is 0.0682 e. The number of aliphatic hydroxyl groups excluding tert-OH is 1. The molecular formula is C9H13NO. The van der Waals surface area contributed by atoms with Crippen molar-refractivity contribution in [3.63, 3.8) is 0 Å². The molecule has 0 bridgehead atoms. The van der Waals surface area contributed by atoms with Gasteiger partial charge in [0.2, 0.25) is 0 Å². The maximum atomic E-state index is 8.84. The minimum atomic E-state index is 0.0853. The Bertz CT molecular complexity index is 245. The van der Waals surface area contributed by atoms with Crippen molar-refractivity contribution in [3.05, 3.63) is 28.8 Å². The number of anilines is 1. The smallest absolute Gasteiger partial charge is 0.0682 e. The van der Waals surface area contributed by atoms with Crippen LogP contribution in [0.1, 0.15) is 16.7 Å². The summed E-state index contributed by atoms with van der Waals surface area (Å²) in [5.74, 6) is 0. The van der Waals surface area contributed by atoms with Crippen molar-refractivity contribution < 1.29 is 5.11 Å². The fourth-order valence-corrected chi connectivity index (χ4v) is 1.16. The number of rotatable bonds is 1. The van der Waals surface area contributed by atoms with Crippen LogP contribution in [0, 0.1) is 13.8 Å². The van der Waals surface area contributed by atoms with Crippen molar-refractivity contribution in [2.75, 3.05) is 5.73 Å². The molecule has 0 radical (unpaired) electrons. The minimum Gasteiger partial charge on any atom is -0.398 e. The maximum absolute atomic E-state index is 8.84. The van der Waals surface area contributed by atoms with Gasteiger partial charge < -0.3 is 10.8 Å². The van der Waals surface area contributed by atoms with Gasteiger partial charge in [-0.2, -0.15) is 0 Å². The number of nitrogens with two attached hydrogens (primary N) is 1. The molecule has 60 valence electrons. The third-order valence-corrected chi connectivity index (χ3v) is 1.84. The molecule has 0 unspecified atom stereocenters. The fourth-order valence-electron chi connectivity index (χ4n) is 1.16. The Morgan fingerprint density at radius 1 is 1.27 bits per heavy atom. The van der Waals surface area contributed by atoms with E-state index < -0.39 is 0 Å². The molecule has 2 heteroatoms. The summed E-state index contributed by atoms with van der Waals surface area (Å²) in [6.07, 6.45) is 0. The molecule has 1 aromatic carbocycles. The zero-order chi connectivity index (χ0) is 8.43. The summed E-state index contributed by atoms with van der Waals surface area (Å²) >= 11 is 0. The zero-order valence-corrected chi connectivity index (χ0v) is 6.89. The van der Waals surface area contributed by atoms with Crippen LogP contribution in [-0.2, 0) is 6.61 Å². The van der Waals surface area contributed by atoms with Crippen LogP contribution in [0.4, 0.5) is 5.69 Å². The van der Waals surface area contributed by atoms with Crippen molar-refractivity contribution in [1.82, 2.24) is 0 Å². The van der Waals surface area contributed by atoms with E-state index in [0.717, 1.165) is 22.4 Å². The van der Waals surface area contributed by atoms with Crippen molar-refractivity contribution in [2.45, 2.75) is 20.5 Å². The molecule has 3 N–H and O–H groups in total. The lowest BCUT2D eigenvalue weighted by Gasteiger charge is -2.06. The highest BCUT2D eigenvalue weighted by Crippen LogP contribution is 2.18. The predicted octanol–water partition coefficient (Wildman–Crippen LogP) is 1.38. The van der Waals surface area contributed by atoms with Gasteiger partial charge in [-0.1, -0.05) is 12.1 Å². The monoisotopic (exact) mass is 151 g/mol. The molecule has 2 nitrogen and oxygen atoms in total. The van der Waals surface area contributed by atoms with Gasteiger partial charge in [-0.25, -0.2) is 0 Å². The molecule has 0 atom stereocenters. The molecular weight excluding hydrogens is 138 g/mol. The summed E-state index contributed by atoms with van der Waals surface area (Å²) < 4.78 is 0. The van der Waals surface area contributed by atoms with Gasteiger partial charge in [0.05, 0.1) is 6.61 Å². The van der Waals surface area contributed by atoms with Crippen molar-refractivity contribution >= 4 is 5.69 Å². The first-order chi connectivity index (χ1) is 5.15. The second-order valence-corrected chi connectivity index (χ2v) is 2.80. The Balaban J connectivity index is 3.21. The largest absolute Gasteiger partial charge is 0.398 e. The van der Waals surface area contributed by atoms with Crippen LogP contribution in [-0.4, -0.2) is 5.11 Å². The summed E-state index contributed by atoms with van der Waals surface area (Å²) in [4.78, 5) is 0. The summed E-state index contributed by atoms with van der Waals surface area (Å²) in [6.45, 7) is 3.98. The van der Waals surface area contributed by atoms with E-state index >= 15 is 0 Å². The average Bonchev–Trinajstić information content (AvgIpc) is 1.99. The predicted molar refractivity (Wildman–Crippen MR) is 46.3 cm³/mol. The van der Waals surface area contributed by atoms with Gasteiger partial charge in [0, 0.05) is 5.69 Å². The average molecular weight is 151 g/mol. The van der Waals surface area contributed by atoms with E-state index in [1.54, 1.807) is 0 Å². The first-order valence-electron chi connectivity index (χ1n) is 3.61. The van der Waals surface area contributed by atoms with E-state index in [-0.39, 0.29) is 6.61 Å². The van der Waals surface area contributed by atoms with Crippen molar-refractivity contribution in [1.29, 1.82) is 0 Å². The van der Waals surface area contributed by atoms with E-state index in [9.17, 15) is 0 Å². The van der Waals surface area contributed by atoms with Crippen LogP contribution in [0.3, 0.4) is 0 Å². The summed E-state index contributed by atoms with van der Waals surface area (Å²) in [6, 6.07) is 3.81. The second-order valence-electron chi connectivity index (χ2n) is 2.80. The molecule has 0 spiro atoms. The minimum absolute atomic E-state index is 0.0853. The van der Waals surface area contributed by atoms with Crippen LogP contribution >= 0.6 is 0 Å². The topological polar surface area (TPSA) is 46.2 Å². The van der Waals surface area contributed by atoms with Crippen LogP contribution in [0.25, 0.3) is 0 Å². The Morgan fingerprint density at radius 3 is 2.09 bits per heavy atom. The third-order valence-electron chi connectivity index (χ3n) is 1.84. The standard InChI is InChI=1S/C9H13NO/c1-6-3-8(5-11)4-7(2)9(6)10/h3-4,11H,5,10H2,1-2H3. The molecule has 0 aliphatic rings. The lowest BCUT2D eigenvalue weighted by atomic mass is 10.1. The van der Waals surface area contributed by atoms with E-state index in [2.05, 4.69) is 0 Å². The van der Waals surface area contributed by atoms with Gasteiger partial charge in [-0.3, -0.25) is 0 Å². The SMILES string of the molecule is Cc1cc(CO)cc(C)c1N. The van der Waals surface area contributed by atoms with Crippen LogP contribution in [0.2, 0.25) is 0 Å². The van der Waals surface area contributed by atoms with E-state index in [1.807, 2.05) is 26.0 Å². The molecule has 11 heavy (non-hydrogen) atoms. The quantitative estimate of drug-likeness (QED) is 0.595. The normalized spacial score (nSPS) is 10.1. The first kappa shape index (κ1) is 8.08. The van der Waals surface area contributed by atoms with E-state index in [0.29, 0.717) is 0 Å². The molecule has 0 amide bonds. The number of nitrogen functional groups attached to an aromatic ring is 1. The van der Waals surface area contributed by atoms with Gasteiger partial charge >= 0.3 is 0 Å². The van der Waals surface area contributed by atoms with E-state index in [1.165, 1.54) is 0 Å².